The summed E-state index contributed by atoms with van der Waals surface area (Å²) in [5.41, 5.74) is 6.49. The smallest absolute Gasteiger partial charge is 0.130 e. The van der Waals surface area contributed by atoms with E-state index in [1.165, 1.54) is 0 Å². The number of benzene rings is 6. The summed E-state index contributed by atoms with van der Waals surface area (Å²) in [6.45, 7) is 1.92. The molecule has 234 valence electrons. The third kappa shape index (κ3) is 9.62. The van der Waals surface area contributed by atoms with Crippen molar-refractivity contribution < 1.29 is 18.9 Å². The van der Waals surface area contributed by atoms with E-state index in [0.717, 1.165) is 56.4 Å². The zero-order valence-corrected chi connectivity index (χ0v) is 26.3. The van der Waals surface area contributed by atoms with Gasteiger partial charge in [0.05, 0.1) is 0 Å². The first-order chi connectivity index (χ1) is 23.3. The normalized spacial score (nSPS) is 10.9. The minimum atomic E-state index is 0.464. The van der Waals surface area contributed by atoms with E-state index in [2.05, 4.69) is 66.7 Å². The van der Waals surface area contributed by atoms with Crippen LogP contribution in [0.15, 0.2) is 164 Å². The minimum Gasteiger partial charge on any atom is -0.489 e. The molecule has 47 heavy (non-hydrogen) atoms. The Balaban J connectivity index is 1.19. The van der Waals surface area contributed by atoms with Gasteiger partial charge in [-0.1, -0.05) is 140 Å². The second-order valence-electron chi connectivity index (χ2n) is 11.2. The van der Waals surface area contributed by atoms with Gasteiger partial charge in [-0.25, -0.2) is 0 Å². The average Bonchev–Trinajstić information content (AvgIpc) is 3.14. The molecule has 0 aromatic heterocycles. The van der Waals surface area contributed by atoms with E-state index in [4.69, 9.17) is 18.9 Å². The second-order valence-corrected chi connectivity index (χ2v) is 11.2. The van der Waals surface area contributed by atoms with E-state index in [1.54, 1.807) is 0 Å². The molecule has 0 unspecified atom stereocenters. The molecule has 0 heterocycles. The Bertz CT molecular complexity index is 1840. The molecule has 0 saturated carbocycles. The van der Waals surface area contributed by atoms with Crippen molar-refractivity contribution in [3.05, 3.63) is 197 Å². The van der Waals surface area contributed by atoms with Crippen LogP contribution in [0, 0.1) is 0 Å². The highest BCUT2D eigenvalue weighted by molar-refractivity contribution is 5.60. The maximum Gasteiger partial charge on any atom is 0.130 e. The van der Waals surface area contributed by atoms with E-state index < -0.39 is 0 Å². The van der Waals surface area contributed by atoms with Gasteiger partial charge in [-0.15, -0.1) is 0 Å². The number of hydrogen-bond acceptors (Lipinski definition) is 4. The lowest BCUT2D eigenvalue weighted by Gasteiger charge is -2.14. The van der Waals surface area contributed by atoms with Crippen molar-refractivity contribution in [1.82, 2.24) is 0 Å². The Morgan fingerprint density at radius 3 is 1.28 bits per heavy atom. The SMILES string of the molecule is C(=C\c1ccc(OCc2ccccc2)cc1OCc1ccccc1)/Cc1ccc(OCc2ccccc2)cc1OCc1ccccc1. The molecule has 0 fully saturated rings. The Kier molecular flexibility index (Phi) is 11.0. The molecule has 0 spiro atoms. The summed E-state index contributed by atoms with van der Waals surface area (Å²) in [7, 11) is 0. The van der Waals surface area contributed by atoms with Crippen LogP contribution in [0.2, 0.25) is 0 Å². The Morgan fingerprint density at radius 2 is 0.787 bits per heavy atom. The number of allylic oxidation sites excluding steroid dienone is 1. The zero-order valence-electron chi connectivity index (χ0n) is 26.3. The third-order valence-electron chi connectivity index (χ3n) is 7.63. The fourth-order valence-corrected chi connectivity index (χ4v) is 5.06. The van der Waals surface area contributed by atoms with Crippen LogP contribution in [0.25, 0.3) is 6.08 Å². The summed E-state index contributed by atoms with van der Waals surface area (Å²) in [5, 5.41) is 0. The molecule has 0 amide bonds. The molecule has 4 heteroatoms. The molecule has 0 aliphatic rings. The van der Waals surface area contributed by atoms with E-state index in [0.29, 0.717) is 32.8 Å². The van der Waals surface area contributed by atoms with Crippen LogP contribution in [-0.2, 0) is 32.8 Å². The topological polar surface area (TPSA) is 36.9 Å². The molecule has 0 aliphatic carbocycles. The van der Waals surface area contributed by atoms with Crippen molar-refractivity contribution >= 4 is 6.08 Å². The number of ether oxygens (including phenoxy) is 4. The molecule has 0 aliphatic heterocycles. The van der Waals surface area contributed by atoms with Crippen LogP contribution in [0.1, 0.15) is 33.4 Å². The van der Waals surface area contributed by atoms with E-state index in [1.807, 2.05) is 103 Å². The Labute approximate surface area is 277 Å². The maximum atomic E-state index is 6.35. The zero-order chi connectivity index (χ0) is 31.9. The van der Waals surface area contributed by atoms with E-state index >= 15 is 0 Å². The highest BCUT2D eigenvalue weighted by atomic mass is 16.5. The lowest BCUT2D eigenvalue weighted by Crippen LogP contribution is -2.01. The summed E-state index contributed by atoms with van der Waals surface area (Å²) >= 11 is 0. The highest BCUT2D eigenvalue weighted by Gasteiger charge is 2.09. The largest absolute Gasteiger partial charge is 0.489 e. The van der Waals surface area contributed by atoms with Crippen molar-refractivity contribution in [1.29, 1.82) is 0 Å². The van der Waals surface area contributed by atoms with Crippen molar-refractivity contribution in [3.63, 3.8) is 0 Å². The van der Waals surface area contributed by atoms with Crippen LogP contribution >= 0.6 is 0 Å². The summed E-state index contributed by atoms with van der Waals surface area (Å²) < 4.78 is 24.9. The van der Waals surface area contributed by atoms with E-state index in [9.17, 15) is 0 Å². The minimum absolute atomic E-state index is 0.464. The first-order valence-corrected chi connectivity index (χ1v) is 15.9. The lowest BCUT2D eigenvalue weighted by molar-refractivity contribution is 0.288. The van der Waals surface area contributed by atoms with E-state index in [-0.39, 0.29) is 0 Å². The molecule has 0 saturated heterocycles. The Hall–Kier alpha value is -5.74. The number of rotatable bonds is 15. The fourth-order valence-electron chi connectivity index (χ4n) is 5.06. The summed E-state index contributed by atoms with van der Waals surface area (Å²) in [6, 6.07) is 52.8. The standard InChI is InChI=1S/C43H38O4/c1-5-14-34(15-6-1)30-44-40-26-24-38(42(28-40)46-32-36-18-9-3-10-19-36)22-13-23-39-25-27-41(45-31-35-16-7-2-8-17-35)29-43(39)47-33-37-20-11-4-12-21-37/h1-22,24-29H,23,30-33H2/b22-13+. The summed E-state index contributed by atoms with van der Waals surface area (Å²) in [5.74, 6) is 3.10. The molecule has 0 atom stereocenters. The fraction of sp³-hybridized carbons (Fsp3) is 0.116. The first-order valence-electron chi connectivity index (χ1n) is 15.9. The molecule has 0 bridgehead atoms. The van der Waals surface area contributed by atoms with Gasteiger partial charge in [-0.3, -0.25) is 0 Å². The van der Waals surface area contributed by atoms with Gasteiger partial charge in [0.15, 0.2) is 0 Å². The molecule has 0 radical (unpaired) electrons. The maximum absolute atomic E-state index is 6.35. The second kappa shape index (κ2) is 16.5. The molecule has 6 aromatic rings. The van der Waals surface area contributed by atoms with Crippen LogP contribution in [0.4, 0.5) is 0 Å². The number of hydrogen-bond donors (Lipinski definition) is 0. The van der Waals surface area contributed by atoms with Crippen LogP contribution in [0.3, 0.4) is 0 Å². The van der Waals surface area contributed by atoms with Gasteiger partial charge in [0, 0.05) is 17.7 Å². The van der Waals surface area contributed by atoms with Gasteiger partial charge >= 0.3 is 0 Å². The van der Waals surface area contributed by atoms with Gasteiger partial charge in [-0.05, 0) is 52.4 Å². The quantitative estimate of drug-likeness (QED) is 0.115. The van der Waals surface area contributed by atoms with Crippen molar-refractivity contribution in [2.45, 2.75) is 32.8 Å². The first kappa shape index (κ1) is 31.3. The van der Waals surface area contributed by atoms with Gasteiger partial charge in [0.2, 0.25) is 0 Å². The van der Waals surface area contributed by atoms with Gasteiger partial charge in [0.25, 0.3) is 0 Å². The Morgan fingerprint density at radius 1 is 0.383 bits per heavy atom. The monoisotopic (exact) mass is 618 g/mol. The van der Waals surface area contributed by atoms with Gasteiger partial charge in [0.1, 0.15) is 49.4 Å². The average molecular weight is 619 g/mol. The molecule has 4 nitrogen and oxygen atoms in total. The molecular weight excluding hydrogens is 580 g/mol. The van der Waals surface area contributed by atoms with Crippen molar-refractivity contribution in [3.8, 4) is 23.0 Å². The summed E-state index contributed by atoms with van der Waals surface area (Å²) in [6.07, 6.45) is 4.92. The molecular formula is C43H38O4. The third-order valence-corrected chi connectivity index (χ3v) is 7.63. The molecule has 6 rings (SSSR count). The van der Waals surface area contributed by atoms with Gasteiger partial charge in [-0.2, -0.15) is 0 Å². The van der Waals surface area contributed by atoms with Crippen molar-refractivity contribution in [2.24, 2.45) is 0 Å². The summed E-state index contributed by atoms with van der Waals surface area (Å²) in [4.78, 5) is 0. The lowest BCUT2D eigenvalue weighted by atomic mass is 10.1. The predicted octanol–water partition coefficient (Wildman–Crippen LogP) is 10.3. The van der Waals surface area contributed by atoms with Crippen LogP contribution in [0.5, 0.6) is 23.0 Å². The van der Waals surface area contributed by atoms with Crippen LogP contribution < -0.4 is 18.9 Å². The van der Waals surface area contributed by atoms with Crippen LogP contribution in [-0.4, -0.2) is 0 Å². The van der Waals surface area contributed by atoms with Gasteiger partial charge < -0.3 is 18.9 Å². The molecule has 0 N–H and O–H groups in total. The highest BCUT2D eigenvalue weighted by Crippen LogP contribution is 2.30. The molecule has 6 aromatic carbocycles. The van der Waals surface area contributed by atoms with Crippen molar-refractivity contribution in [2.75, 3.05) is 0 Å². The predicted molar refractivity (Wildman–Crippen MR) is 189 cm³/mol.